The lowest BCUT2D eigenvalue weighted by Crippen LogP contribution is -1.90. The predicted octanol–water partition coefficient (Wildman–Crippen LogP) is 1.79. The second-order valence-electron chi connectivity index (χ2n) is 2.35. The van der Waals surface area contributed by atoms with Gasteiger partial charge >= 0.3 is 0 Å². The molecule has 2 N–H and O–H groups in total. The monoisotopic (exact) mass is 177 g/mol. The minimum atomic E-state index is 0.718. The van der Waals surface area contributed by atoms with Gasteiger partial charge in [0.2, 0.25) is 0 Å². The van der Waals surface area contributed by atoms with Crippen molar-refractivity contribution in [3.63, 3.8) is 0 Å². The quantitative estimate of drug-likeness (QED) is 0.722. The fourth-order valence-corrected chi connectivity index (χ4v) is 1.49. The maximum Gasteiger partial charge on any atom is 0.0876 e. The summed E-state index contributed by atoms with van der Waals surface area (Å²) in [7, 11) is 0. The third-order valence-electron chi connectivity index (χ3n) is 1.57. The number of pyridine rings is 1. The minimum Gasteiger partial charge on any atom is -0.398 e. The van der Waals surface area contributed by atoms with Gasteiger partial charge in [-0.15, -0.1) is 0 Å². The van der Waals surface area contributed by atoms with Crippen LogP contribution in [0, 0.1) is 0 Å². The van der Waals surface area contributed by atoms with Crippen LogP contribution in [-0.2, 0) is 0 Å². The summed E-state index contributed by atoms with van der Waals surface area (Å²) in [4.78, 5) is 3.99. The van der Waals surface area contributed by atoms with Crippen molar-refractivity contribution < 1.29 is 0 Å². The van der Waals surface area contributed by atoms with E-state index in [0.717, 1.165) is 16.9 Å². The Kier molecular flexibility index (Phi) is 1.75. The maximum atomic E-state index is 5.74. The van der Waals surface area contributed by atoms with E-state index in [9.17, 15) is 0 Å². The summed E-state index contributed by atoms with van der Waals surface area (Å²) in [5.41, 5.74) is 8.25. The fraction of sp³-hybridized carbons (Fsp3) is 0. The van der Waals surface area contributed by atoms with Gasteiger partial charge < -0.3 is 5.73 Å². The van der Waals surface area contributed by atoms with E-state index < -0.39 is 0 Å². The molecule has 12 heavy (non-hydrogen) atoms. The molecule has 0 aromatic carbocycles. The van der Waals surface area contributed by atoms with Crippen LogP contribution in [0.2, 0.25) is 0 Å². The summed E-state index contributed by atoms with van der Waals surface area (Å²) in [6.45, 7) is 0. The van der Waals surface area contributed by atoms with Gasteiger partial charge in [0, 0.05) is 29.0 Å². The van der Waals surface area contributed by atoms with Gasteiger partial charge in [-0.3, -0.25) is 4.98 Å². The molecule has 2 aromatic rings. The number of hydrogen-bond donors (Lipinski definition) is 1. The summed E-state index contributed by atoms with van der Waals surface area (Å²) in [5, 5.41) is 1.92. The van der Waals surface area contributed by atoms with Crippen molar-refractivity contribution in [1.29, 1.82) is 0 Å². The lowest BCUT2D eigenvalue weighted by molar-refractivity contribution is 1.32. The molecular weight excluding hydrogens is 170 g/mol. The second kappa shape index (κ2) is 2.91. The van der Waals surface area contributed by atoms with Gasteiger partial charge in [0.05, 0.1) is 5.69 Å². The van der Waals surface area contributed by atoms with E-state index in [0.29, 0.717) is 0 Å². The molecule has 0 unspecified atom stereocenters. The largest absolute Gasteiger partial charge is 0.398 e. The third kappa shape index (κ3) is 1.16. The molecule has 2 heterocycles. The van der Waals surface area contributed by atoms with E-state index in [4.69, 9.17) is 5.73 Å². The average molecular weight is 177 g/mol. The third-order valence-corrected chi connectivity index (χ3v) is 2.13. The molecule has 0 atom stereocenters. The first-order valence-electron chi connectivity index (χ1n) is 3.48. The summed E-state index contributed by atoms with van der Waals surface area (Å²) in [6, 6.07) is 3.70. The van der Waals surface area contributed by atoms with Crippen LogP contribution in [0.1, 0.15) is 0 Å². The highest BCUT2D eigenvalue weighted by atomic mass is 32.1. The minimum absolute atomic E-state index is 0.718. The molecule has 3 nitrogen and oxygen atoms in total. The molecule has 2 rings (SSSR count). The topological polar surface area (TPSA) is 51.8 Å². The Morgan fingerprint density at radius 1 is 1.33 bits per heavy atom. The maximum absolute atomic E-state index is 5.74. The Hall–Kier alpha value is -1.42. The van der Waals surface area contributed by atoms with Gasteiger partial charge in [-0.05, 0) is 23.7 Å². The zero-order valence-corrected chi connectivity index (χ0v) is 7.08. The number of nitrogens with two attached hydrogens (primary N) is 1. The SMILES string of the molecule is Nc1ccncc1-c1ccsn1. The molecule has 4 heteroatoms. The Morgan fingerprint density at radius 3 is 2.92 bits per heavy atom. The molecule has 60 valence electrons. The number of hydrogen-bond acceptors (Lipinski definition) is 4. The average Bonchev–Trinajstić information content (AvgIpc) is 2.57. The van der Waals surface area contributed by atoms with Gasteiger partial charge in [-0.2, -0.15) is 4.37 Å². The van der Waals surface area contributed by atoms with Crippen LogP contribution < -0.4 is 5.73 Å². The van der Waals surface area contributed by atoms with Gasteiger partial charge in [-0.1, -0.05) is 0 Å². The molecule has 0 spiro atoms. The zero-order chi connectivity index (χ0) is 8.39. The number of anilines is 1. The van der Waals surface area contributed by atoms with Crippen molar-refractivity contribution >= 4 is 17.2 Å². The highest BCUT2D eigenvalue weighted by Gasteiger charge is 2.02. The van der Waals surface area contributed by atoms with E-state index >= 15 is 0 Å². The molecule has 0 saturated carbocycles. The zero-order valence-electron chi connectivity index (χ0n) is 6.27. The smallest absolute Gasteiger partial charge is 0.0876 e. The first-order valence-corrected chi connectivity index (χ1v) is 4.32. The van der Waals surface area contributed by atoms with Crippen molar-refractivity contribution in [3.05, 3.63) is 29.9 Å². The normalized spacial score (nSPS) is 10.0. The van der Waals surface area contributed by atoms with Gasteiger partial charge in [0.15, 0.2) is 0 Å². The van der Waals surface area contributed by atoms with Crippen LogP contribution in [0.3, 0.4) is 0 Å². The fourth-order valence-electron chi connectivity index (χ4n) is 0.971. The number of aromatic nitrogens is 2. The lowest BCUT2D eigenvalue weighted by Gasteiger charge is -1.98. The standard InChI is InChI=1S/C8H7N3S/c9-7-1-3-10-5-6(7)8-2-4-12-11-8/h1-5H,(H2,9,10). The molecule has 0 aliphatic rings. The number of rotatable bonds is 1. The molecule has 2 aromatic heterocycles. The van der Waals surface area contributed by atoms with Crippen molar-refractivity contribution in [2.45, 2.75) is 0 Å². The van der Waals surface area contributed by atoms with E-state index in [2.05, 4.69) is 9.36 Å². The van der Waals surface area contributed by atoms with Gasteiger partial charge in [-0.25, -0.2) is 0 Å². The Bertz CT molecular complexity index is 370. The van der Waals surface area contributed by atoms with Crippen molar-refractivity contribution in [2.24, 2.45) is 0 Å². The summed E-state index contributed by atoms with van der Waals surface area (Å²) in [6.07, 6.45) is 3.40. The van der Waals surface area contributed by atoms with Crippen LogP contribution in [0.4, 0.5) is 5.69 Å². The highest BCUT2D eigenvalue weighted by Crippen LogP contribution is 2.23. The van der Waals surface area contributed by atoms with Crippen LogP contribution >= 0.6 is 11.5 Å². The summed E-state index contributed by atoms with van der Waals surface area (Å²) >= 11 is 1.41. The highest BCUT2D eigenvalue weighted by molar-refractivity contribution is 7.03. The predicted molar refractivity (Wildman–Crippen MR) is 49.8 cm³/mol. The summed E-state index contributed by atoms with van der Waals surface area (Å²) in [5.74, 6) is 0. The molecule has 0 bridgehead atoms. The van der Waals surface area contributed by atoms with E-state index in [1.54, 1.807) is 18.5 Å². The van der Waals surface area contributed by atoms with Crippen LogP contribution in [0.5, 0.6) is 0 Å². The van der Waals surface area contributed by atoms with E-state index in [-0.39, 0.29) is 0 Å². The van der Waals surface area contributed by atoms with Gasteiger partial charge in [0.1, 0.15) is 0 Å². The lowest BCUT2D eigenvalue weighted by atomic mass is 10.2. The first kappa shape index (κ1) is 7.24. The Balaban J connectivity index is 2.55. The molecule has 0 radical (unpaired) electrons. The summed E-state index contributed by atoms with van der Waals surface area (Å²) < 4.78 is 4.17. The van der Waals surface area contributed by atoms with Crippen LogP contribution in [0.15, 0.2) is 29.9 Å². The molecule has 0 aliphatic carbocycles. The van der Waals surface area contributed by atoms with Crippen molar-refractivity contribution in [1.82, 2.24) is 9.36 Å². The van der Waals surface area contributed by atoms with Crippen LogP contribution in [-0.4, -0.2) is 9.36 Å². The number of nitrogen functional groups attached to an aromatic ring is 1. The second-order valence-corrected chi connectivity index (χ2v) is 3.01. The number of nitrogens with zero attached hydrogens (tertiary/aromatic N) is 2. The van der Waals surface area contributed by atoms with E-state index in [1.807, 2.05) is 11.4 Å². The molecule has 0 saturated heterocycles. The first-order chi connectivity index (χ1) is 5.88. The van der Waals surface area contributed by atoms with Gasteiger partial charge in [0.25, 0.3) is 0 Å². The molecule has 0 aliphatic heterocycles. The van der Waals surface area contributed by atoms with Crippen molar-refractivity contribution in [2.75, 3.05) is 5.73 Å². The Morgan fingerprint density at radius 2 is 2.25 bits per heavy atom. The van der Waals surface area contributed by atoms with Crippen molar-refractivity contribution in [3.8, 4) is 11.3 Å². The molecular formula is C8H7N3S. The molecule has 0 fully saturated rings. The Labute approximate surface area is 74.0 Å². The van der Waals surface area contributed by atoms with Crippen LogP contribution in [0.25, 0.3) is 11.3 Å². The van der Waals surface area contributed by atoms with E-state index in [1.165, 1.54) is 11.5 Å². The molecule has 0 amide bonds.